The SMILES string of the molecule is Cc1nn(C)cc1B1OC(C)(C)C(C)(C)O1. The van der Waals surface area contributed by atoms with Crippen LogP contribution in [0.1, 0.15) is 33.4 Å². The molecule has 0 N–H and O–H groups in total. The molecule has 2 heterocycles. The summed E-state index contributed by atoms with van der Waals surface area (Å²) in [7, 11) is 1.60. The van der Waals surface area contributed by atoms with Gasteiger partial charge in [-0.25, -0.2) is 0 Å². The third kappa shape index (κ3) is 1.68. The van der Waals surface area contributed by atoms with E-state index < -0.39 is 0 Å². The first-order valence-electron chi connectivity index (χ1n) is 5.59. The molecule has 1 fully saturated rings. The number of hydrogen-bond acceptors (Lipinski definition) is 3. The number of nitrogens with zero attached hydrogens (tertiary/aromatic N) is 2. The van der Waals surface area contributed by atoms with Crippen LogP contribution in [-0.4, -0.2) is 28.1 Å². The molecule has 1 aromatic heterocycles. The average Bonchev–Trinajstić information content (AvgIpc) is 2.51. The van der Waals surface area contributed by atoms with Crippen LogP contribution in [-0.2, 0) is 16.4 Å². The molecule has 1 aliphatic heterocycles. The fraction of sp³-hybridized carbons (Fsp3) is 0.727. The van der Waals surface area contributed by atoms with Gasteiger partial charge in [0.15, 0.2) is 0 Å². The highest BCUT2D eigenvalue weighted by Gasteiger charge is 2.52. The van der Waals surface area contributed by atoms with Gasteiger partial charge in [0.25, 0.3) is 0 Å². The van der Waals surface area contributed by atoms with Crippen molar-refractivity contribution in [3.8, 4) is 0 Å². The van der Waals surface area contributed by atoms with E-state index in [4.69, 9.17) is 9.31 Å². The van der Waals surface area contributed by atoms with Crippen molar-refractivity contribution in [3.05, 3.63) is 11.9 Å². The molecular formula is C11H19BN2O2. The standard InChI is InChI=1S/C11H19BN2O2/c1-8-9(7-14(6)13-8)12-15-10(2,3)11(4,5)16-12/h7H,1-6H3. The maximum Gasteiger partial charge on any atom is 0.498 e. The molecule has 4 nitrogen and oxygen atoms in total. The maximum atomic E-state index is 5.97. The Morgan fingerprint density at radius 1 is 1.19 bits per heavy atom. The lowest BCUT2D eigenvalue weighted by atomic mass is 9.79. The Balaban J connectivity index is 2.30. The molecule has 0 radical (unpaired) electrons. The van der Waals surface area contributed by atoms with Crippen LogP contribution in [0.25, 0.3) is 0 Å². The van der Waals surface area contributed by atoms with E-state index in [0.29, 0.717) is 0 Å². The summed E-state index contributed by atoms with van der Waals surface area (Å²) in [6, 6.07) is 0. The Morgan fingerprint density at radius 3 is 2.06 bits per heavy atom. The van der Waals surface area contributed by atoms with Gasteiger partial charge in [0.1, 0.15) is 0 Å². The maximum absolute atomic E-state index is 5.97. The van der Waals surface area contributed by atoms with Crippen molar-refractivity contribution in [2.24, 2.45) is 7.05 Å². The van der Waals surface area contributed by atoms with E-state index in [0.717, 1.165) is 11.2 Å². The van der Waals surface area contributed by atoms with Crippen LogP contribution in [0.4, 0.5) is 0 Å². The van der Waals surface area contributed by atoms with Crippen molar-refractivity contribution in [2.45, 2.75) is 45.8 Å². The van der Waals surface area contributed by atoms with E-state index in [1.807, 2.05) is 20.2 Å². The van der Waals surface area contributed by atoms with Crippen LogP contribution in [0.5, 0.6) is 0 Å². The number of hydrogen-bond donors (Lipinski definition) is 0. The van der Waals surface area contributed by atoms with Gasteiger partial charge in [-0.2, -0.15) is 5.10 Å². The van der Waals surface area contributed by atoms with Crippen LogP contribution >= 0.6 is 0 Å². The molecule has 0 atom stereocenters. The van der Waals surface area contributed by atoms with Gasteiger partial charge in [-0.15, -0.1) is 0 Å². The Kier molecular flexibility index (Phi) is 2.44. The minimum absolute atomic E-state index is 0.292. The predicted octanol–water partition coefficient (Wildman–Crippen LogP) is 1.03. The summed E-state index contributed by atoms with van der Waals surface area (Å²) in [5, 5.41) is 4.31. The first-order valence-corrected chi connectivity index (χ1v) is 5.59. The predicted molar refractivity (Wildman–Crippen MR) is 63.7 cm³/mol. The van der Waals surface area contributed by atoms with Gasteiger partial charge in [-0.1, -0.05) is 0 Å². The van der Waals surface area contributed by atoms with Gasteiger partial charge in [-0.05, 0) is 34.6 Å². The summed E-state index contributed by atoms with van der Waals surface area (Å²) in [6.07, 6.45) is 1.96. The first kappa shape index (κ1) is 11.7. The van der Waals surface area contributed by atoms with Crippen LogP contribution in [0.3, 0.4) is 0 Å². The smallest absolute Gasteiger partial charge is 0.399 e. The highest BCUT2D eigenvalue weighted by Crippen LogP contribution is 2.36. The Morgan fingerprint density at radius 2 is 1.69 bits per heavy atom. The van der Waals surface area contributed by atoms with E-state index in [1.54, 1.807) is 4.68 Å². The second kappa shape index (κ2) is 3.34. The lowest BCUT2D eigenvalue weighted by Crippen LogP contribution is -2.41. The molecule has 16 heavy (non-hydrogen) atoms. The second-order valence-electron chi connectivity index (χ2n) is 5.43. The van der Waals surface area contributed by atoms with Gasteiger partial charge < -0.3 is 9.31 Å². The summed E-state index contributed by atoms with van der Waals surface area (Å²) >= 11 is 0. The third-order valence-corrected chi connectivity index (χ3v) is 3.56. The molecule has 5 heteroatoms. The molecule has 0 aromatic carbocycles. The zero-order valence-electron chi connectivity index (χ0n) is 10.9. The monoisotopic (exact) mass is 222 g/mol. The molecule has 0 bridgehead atoms. The van der Waals surface area contributed by atoms with Crippen LogP contribution < -0.4 is 5.46 Å². The molecule has 0 spiro atoms. The summed E-state index contributed by atoms with van der Waals surface area (Å²) in [5.41, 5.74) is 1.39. The number of aromatic nitrogens is 2. The van der Waals surface area contributed by atoms with Gasteiger partial charge >= 0.3 is 7.12 Å². The molecule has 1 saturated heterocycles. The normalized spacial score (nSPS) is 22.8. The van der Waals surface area contributed by atoms with E-state index in [-0.39, 0.29) is 18.3 Å². The lowest BCUT2D eigenvalue weighted by Gasteiger charge is -2.32. The van der Waals surface area contributed by atoms with E-state index in [1.165, 1.54) is 0 Å². The quantitative estimate of drug-likeness (QED) is 0.666. The molecule has 0 saturated carbocycles. The number of rotatable bonds is 1. The summed E-state index contributed by atoms with van der Waals surface area (Å²) in [4.78, 5) is 0. The van der Waals surface area contributed by atoms with E-state index in [9.17, 15) is 0 Å². The highest BCUT2D eigenvalue weighted by molar-refractivity contribution is 6.62. The molecule has 2 rings (SSSR count). The largest absolute Gasteiger partial charge is 0.498 e. The number of aryl methyl sites for hydroxylation is 2. The third-order valence-electron chi connectivity index (χ3n) is 3.56. The molecule has 1 aromatic rings. The summed E-state index contributed by atoms with van der Waals surface area (Å²) in [5.74, 6) is 0. The van der Waals surface area contributed by atoms with Gasteiger partial charge in [0, 0.05) is 18.7 Å². The van der Waals surface area contributed by atoms with Crippen molar-refractivity contribution < 1.29 is 9.31 Å². The molecule has 1 aliphatic rings. The van der Waals surface area contributed by atoms with E-state index >= 15 is 0 Å². The van der Waals surface area contributed by atoms with Crippen molar-refractivity contribution in [2.75, 3.05) is 0 Å². The molecule has 0 unspecified atom stereocenters. The summed E-state index contributed by atoms with van der Waals surface area (Å²) < 4.78 is 13.7. The van der Waals surface area contributed by atoms with Gasteiger partial charge in [0.2, 0.25) is 0 Å². The molecule has 0 amide bonds. The topological polar surface area (TPSA) is 36.3 Å². The minimum Gasteiger partial charge on any atom is -0.399 e. The fourth-order valence-electron chi connectivity index (χ4n) is 1.82. The van der Waals surface area contributed by atoms with Crippen LogP contribution in [0, 0.1) is 6.92 Å². The minimum atomic E-state index is -0.307. The zero-order valence-corrected chi connectivity index (χ0v) is 10.9. The molecule has 0 aliphatic carbocycles. The van der Waals surface area contributed by atoms with Crippen LogP contribution in [0.15, 0.2) is 6.20 Å². The van der Waals surface area contributed by atoms with Crippen molar-refractivity contribution in [1.29, 1.82) is 0 Å². The van der Waals surface area contributed by atoms with Gasteiger partial charge in [-0.3, -0.25) is 4.68 Å². The van der Waals surface area contributed by atoms with Crippen molar-refractivity contribution in [3.63, 3.8) is 0 Å². The Hall–Kier alpha value is -0.805. The Bertz CT molecular complexity index is 396. The average molecular weight is 222 g/mol. The Labute approximate surface area is 97.1 Å². The fourth-order valence-corrected chi connectivity index (χ4v) is 1.82. The molecule has 88 valence electrons. The first-order chi connectivity index (χ1) is 7.23. The molecular weight excluding hydrogens is 203 g/mol. The van der Waals surface area contributed by atoms with Crippen molar-refractivity contribution in [1.82, 2.24) is 9.78 Å². The zero-order chi connectivity index (χ0) is 12.1. The lowest BCUT2D eigenvalue weighted by molar-refractivity contribution is 0.00578. The van der Waals surface area contributed by atoms with E-state index in [2.05, 4.69) is 32.8 Å². The second-order valence-corrected chi connectivity index (χ2v) is 5.43. The van der Waals surface area contributed by atoms with Crippen molar-refractivity contribution >= 4 is 12.6 Å². The van der Waals surface area contributed by atoms with Gasteiger partial charge in [0.05, 0.1) is 16.9 Å². The van der Waals surface area contributed by atoms with Crippen LogP contribution in [0.2, 0.25) is 0 Å². The highest BCUT2D eigenvalue weighted by atomic mass is 16.7. The summed E-state index contributed by atoms with van der Waals surface area (Å²) in [6.45, 7) is 10.2.